The Balaban J connectivity index is 2.17. The second kappa shape index (κ2) is 5.70. The van der Waals surface area contributed by atoms with E-state index in [9.17, 15) is 23.1 Å². The zero-order valence-electron chi connectivity index (χ0n) is 11.9. The van der Waals surface area contributed by atoms with Gasteiger partial charge in [-0.05, 0) is 49.3 Å². The molecule has 0 saturated heterocycles. The molecule has 21 heavy (non-hydrogen) atoms. The van der Waals surface area contributed by atoms with Gasteiger partial charge in [0.05, 0.1) is 11.0 Å². The summed E-state index contributed by atoms with van der Waals surface area (Å²) in [5.41, 5.74) is -0.865. The average molecular weight is 300 g/mol. The van der Waals surface area contributed by atoms with Crippen molar-refractivity contribution < 1.29 is 23.1 Å². The molecule has 2 atom stereocenters. The van der Waals surface area contributed by atoms with Crippen molar-refractivity contribution >= 4 is 5.97 Å². The van der Waals surface area contributed by atoms with Gasteiger partial charge in [0.15, 0.2) is 0 Å². The fourth-order valence-electron chi connectivity index (χ4n) is 3.22. The molecule has 2 unspecified atom stereocenters. The van der Waals surface area contributed by atoms with E-state index in [-0.39, 0.29) is 0 Å². The molecule has 1 aromatic carbocycles. The summed E-state index contributed by atoms with van der Waals surface area (Å²) in [6.07, 6.45) is -1.02. The van der Waals surface area contributed by atoms with Crippen LogP contribution in [0.3, 0.4) is 0 Å². The molecule has 1 aliphatic carbocycles. The Morgan fingerprint density at radius 3 is 2.38 bits per heavy atom. The van der Waals surface area contributed by atoms with E-state index in [1.54, 1.807) is 0 Å². The average Bonchev–Trinajstić information content (AvgIpc) is 2.83. The minimum atomic E-state index is -4.36. The second-order valence-corrected chi connectivity index (χ2v) is 5.97. The van der Waals surface area contributed by atoms with Gasteiger partial charge < -0.3 is 5.11 Å². The monoisotopic (exact) mass is 300 g/mol. The molecule has 5 heteroatoms. The number of carboxylic acids is 1. The van der Waals surface area contributed by atoms with Crippen LogP contribution < -0.4 is 0 Å². The lowest BCUT2D eigenvalue weighted by molar-refractivity contribution is -0.148. The smallest absolute Gasteiger partial charge is 0.416 e. The molecule has 2 rings (SSSR count). The third-order valence-electron chi connectivity index (χ3n) is 4.57. The van der Waals surface area contributed by atoms with Crippen LogP contribution in [0.4, 0.5) is 13.2 Å². The Labute approximate surface area is 122 Å². The standard InChI is InChI=1S/C16H19F3O2/c1-2-11-7-8-15(9-11,14(20)21)10-12-3-5-13(6-4-12)16(17,18)19/h3-6,11H,2,7-10H2,1H3,(H,20,21). The number of hydrogen-bond donors (Lipinski definition) is 1. The van der Waals surface area contributed by atoms with Gasteiger partial charge in [0, 0.05) is 0 Å². The van der Waals surface area contributed by atoms with Gasteiger partial charge in [0.1, 0.15) is 0 Å². The summed E-state index contributed by atoms with van der Waals surface area (Å²) in [4.78, 5) is 11.6. The number of carbonyl (C=O) groups is 1. The predicted octanol–water partition coefficient (Wildman–Crippen LogP) is 4.53. The molecule has 116 valence electrons. The SMILES string of the molecule is CCC1CCC(Cc2ccc(C(F)(F)F)cc2)(C(=O)O)C1. The van der Waals surface area contributed by atoms with Gasteiger partial charge in [-0.15, -0.1) is 0 Å². The Kier molecular flexibility index (Phi) is 4.30. The van der Waals surface area contributed by atoms with Crippen LogP contribution in [0, 0.1) is 11.3 Å². The number of halogens is 3. The van der Waals surface area contributed by atoms with Crippen molar-refractivity contribution in [2.45, 2.75) is 45.2 Å². The van der Waals surface area contributed by atoms with Crippen molar-refractivity contribution in [2.75, 3.05) is 0 Å². The molecule has 0 spiro atoms. The first-order valence-electron chi connectivity index (χ1n) is 7.16. The molecule has 1 N–H and O–H groups in total. The van der Waals surface area contributed by atoms with E-state index in [0.29, 0.717) is 30.7 Å². The number of hydrogen-bond acceptors (Lipinski definition) is 1. The van der Waals surface area contributed by atoms with Gasteiger partial charge in [-0.25, -0.2) is 0 Å². The molecule has 0 heterocycles. The minimum Gasteiger partial charge on any atom is -0.481 e. The molecule has 1 fully saturated rings. The molecular weight excluding hydrogens is 281 g/mol. The first-order valence-corrected chi connectivity index (χ1v) is 7.16. The van der Waals surface area contributed by atoms with Crippen LogP contribution in [0.15, 0.2) is 24.3 Å². The van der Waals surface area contributed by atoms with Crippen molar-refractivity contribution in [1.29, 1.82) is 0 Å². The number of aliphatic carboxylic acids is 1. The lowest BCUT2D eigenvalue weighted by Crippen LogP contribution is -2.30. The highest BCUT2D eigenvalue weighted by Gasteiger charge is 2.44. The largest absolute Gasteiger partial charge is 0.481 e. The number of rotatable bonds is 4. The van der Waals surface area contributed by atoms with Crippen molar-refractivity contribution in [3.63, 3.8) is 0 Å². The normalized spacial score (nSPS) is 26.0. The predicted molar refractivity (Wildman–Crippen MR) is 72.8 cm³/mol. The van der Waals surface area contributed by atoms with Gasteiger partial charge in [-0.3, -0.25) is 4.79 Å². The van der Waals surface area contributed by atoms with Crippen LogP contribution >= 0.6 is 0 Å². The quantitative estimate of drug-likeness (QED) is 0.887. The van der Waals surface area contributed by atoms with Crippen LogP contribution in [0.1, 0.15) is 43.7 Å². The highest BCUT2D eigenvalue weighted by molar-refractivity contribution is 5.75. The summed E-state index contributed by atoms with van der Waals surface area (Å²) in [6.45, 7) is 2.04. The zero-order valence-corrected chi connectivity index (χ0v) is 11.9. The van der Waals surface area contributed by atoms with Gasteiger partial charge in [0.2, 0.25) is 0 Å². The molecule has 1 aliphatic rings. The van der Waals surface area contributed by atoms with Crippen LogP contribution in [0.5, 0.6) is 0 Å². The summed E-state index contributed by atoms with van der Waals surface area (Å²) < 4.78 is 37.6. The third-order valence-corrected chi connectivity index (χ3v) is 4.57. The Morgan fingerprint density at radius 2 is 1.95 bits per heavy atom. The van der Waals surface area contributed by atoms with Crippen molar-refractivity contribution in [3.05, 3.63) is 35.4 Å². The number of carboxylic acid groups (broad SMARTS) is 1. The van der Waals surface area contributed by atoms with E-state index < -0.39 is 23.1 Å². The van der Waals surface area contributed by atoms with Crippen LogP contribution in [-0.2, 0) is 17.4 Å². The molecule has 0 aromatic heterocycles. The summed E-state index contributed by atoms with van der Waals surface area (Å²) >= 11 is 0. The maximum Gasteiger partial charge on any atom is 0.416 e. The van der Waals surface area contributed by atoms with Crippen molar-refractivity contribution in [2.24, 2.45) is 11.3 Å². The molecule has 0 bridgehead atoms. The highest BCUT2D eigenvalue weighted by atomic mass is 19.4. The highest BCUT2D eigenvalue weighted by Crippen LogP contribution is 2.45. The summed E-state index contributed by atoms with van der Waals surface area (Å²) in [6, 6.07) is 4.84. The van der Waals surface area contributed by atoms with E-state index in [0.717, 1.165) is 25.0 Å². The second-order valence-electron chi connectivity index (χ2n) is 5.97. The molecule has 1 saturated carbocycles. The Morgan fingerprint density at radius 1 is 1.33 bits per heavy atom. The molecule has 0 amide bonds. The van der Waals surface area contributed by atoms with E-state index in [1.807, 2.05) is 6.92 Å². The fourth-order valence-corrected chi connectivity index (χ4v) is 3.22. The van der Waals surface area contributed by atoms with Crippen LogP contribution in [0.25, 0.3) is 0 Å². The minimum absolute atomic E-state index is 0.303. The summed E-state index contributed by atoms with van der Waals surface area (Å²) in [5, 5.41) is 9.54. The van der Waals surface area contributed by atoms with Gasteiger partial charge in [0.25, 0.3) is 0 Å². The van der Waals surface area contributed by atoms with Crippen LogP contribution in [-0.4, -0.2) is 11.1 Å². The van der Waals surface area contributed by atoms with E-state index >= 15 is 0 Å². The van der Waals surface area contributed by atoms with E-state index in [1.165, 1.54) is 12.1 Å². The maximum absolute atomic E-state index is 12.5. The molecular formula is C16H19F3O2. The topological polar surface area (TPSA) is 37.3 Å². The lowest BCUT2D eigenvalue weighted by atomic mass is 9.79. The van der Waals surface area contributed by atoms with Gasteiger partial charge in [-0.1, -0.05) is 25.5 Å². The van der Waals surface area contributed by atoms with Crippen molar-refractivity contribution in [1.82, 2.24) is 0 Å². The molecule has 2 nitrogen and oxygen atoms in total. The summed E-state index contributed by atoms with van der Waals surface area (Å²) in [7, 11) is 0. The Bertz CT molecular complexity index is 507. The molecule has 0 aliphatic heterocycles. The third kappa shape index (κ3) is 3.39. The number of alkyl halides is 3. The number of benzene rings is 1. The van der Waals surface area contributed by atoms with Crippen molar-refractivity contribution in [3.8, 4) is 0 Å². The lowest BCUT2D eigenvalue weighted by Gasteiger charge is -2.24. The zero-order chi connectivity index (χ0) is 15.7. The summed E-state index contributed by atoms with van der Waals surface area (Å²) in [5.74, 6) is -0.436. The maximum atomic E-state index is 12.5. The van der Waals surface area contributed by atoms with Gasteiger partial charge in [-0.2, -0.15) is 13.2 Å². The molecule has 0 radical (unpaired) electrons. The first-order chi connectivity index (χ1) is 9.77. The van der Waals surface area contributed by atoms with Gasteiger partial charge >= 0.3 is 12.1 Å². The Hall–Kier alpha value is -1.52. The fraction of sp³-hybridized carbons (Fsp3) is 0.562. The molecule has 1 aromatic rings. The van der Waals surface area contributed by atoms with Crippen LogP contribution in [0.2, 0.25) is 0 Å². The first kappa shape index (κ1) is 15.9. The van der Waals surface area contributed by atoms with E-state index in [2.05, 4.69) is 0 Å². The van der Waals surface area contributed by atoms with E-state index in [4.69, 9.17) is 0 Å².